The summed E-state index contributed by atoms with van der Waals surface area (Å²) in [5.74, 6) is -0.371. The molecule has 0 heterocycles. The molecule has 1 N–H and O–H groups in total. The number of esters is 1. The van der Waals surface area contributed by atoms with Crippen LogP contribution in [0.1, 0.15) is 26.7 Å². The Labute approximate surface area is 129 Å². The standard InChI is InChI=1S/C15H20ClNO4/c1-4-8-15(2,14(19)20-3)17-13(18)10-21-12-7-5-6-11(16)9-12/h5-7,9H,4,8,10H2,1-3H3,(H,17,18). The minimum Gasteiger partial charge on any atom is -0.484 e. The highest BCUT2D eigenvalue weighted by Crippen LogP contribution is 2.17. The first-order valence-electron chi connectivity index (χ1n) is 6.69. The first-order chi connectivity index (χ1) is 9.91. The van der Waals surface area contributed by atoms with Crippen LogP contribution in [0.2, 0.25) is 5.02 Å². The number of amides is 1. The van der Waals surface area contributed by atoms with Crippen LogP contribution in [0.25, 0.3) is 0 Å². The maximum Gasteiger partial charge on any atom is 0.331 e. The van der Waals surface area contributed by atoms with Gasteiger partial charge in [-0.15, -0.1) is 0 Å². The van der Waals surface area contributed by atoms with Crippen LogP contribution in [0.15, 0.2) is 24.3 Å². The molecule has 0 aromatic heterocycles. The third-order valence-corrected chi connectivity index (χ3v) is 3.20. The van der Waals surface area contributed by atoms with Gasteiger partial charge in [0.1, 0.15) is 11.3 Å². The highest BCUT2D eigenvalue weighted by Gasteiger charge is 2.35. The molecule has 6 heteroatoms. The van der Waals surface area contributed by atoms with Gasteiger partial charge >= 0.3 is 5.97 Å². The number of benzene rings is 1. The van der Waals surface area contributed by atoms with Crippen molar-refractivity contribution in [2.24, 2.45) is 0 Å². The summed E-state index contributed by atoms with van der Waals surface area (Å²) in [5.41, 5.74) is -1.04. The number of halogens is 1. The van der Waals surface area contributed by atoms with Gasteiger partial charge in [0.15, 0.2) is 6.61 Å². The van der Waals surface area contributed by atoms with E-state index in [2.05, 4.69) is 5.32 Å². The number of ether oxygens (including phenoxy) is 2. The zero-order valence-electron chi connectivity index (χ0n) is 12.4. The predicted octanol–water partition coefficient (Wildman–Crippen LogP) is 2.57. The van der Waals surface area contributed by atoms with Crippen molar-refractivity contribution in [2.75, 3.05) is 13.7 Å². The average molecular weight is 314 g/mol. The number of hydrogen-bond acceptors (Lipinski definition) is 4. The van der Waals surface area contributed by atoms with Crippen LogP contribution < -0.4 is 10.1 Å². The molecule has 0 aliphatic heterocycles. The molecule has 0 bridgehead atoms. The second kappa shape index (κ2) is 7.88. The van der Waals surface area contributed by atoms with Crippen LogP contribution in [0.3, 0.4) is 0 Å². The number of hydrogen-bond donors (Lipinski definition) is 1. The lowest BCUT2D eigenvalue weighted by atomic mass is 9.96. The molecule has 1 rings (SSSR count). The Morgan fingerprint density at radius 2 is 2.10 bits per heavy atom. The van der Waals surface area contributed by atoms with Gasteiger partial charge in [-0.2, -0.15) is 0 Å². The van der Waals surface area contributed by atoms with Gasteiger partial charge in [-0.05, 0) is 31.5 Å². The van der Waals surface area contributed by atoms with Crippen molar-refractivity contribution in [1.82, 2.24) is 5.32 Å². The Morgan fingerprint density at radius 1 is 1.38 bits per heavy atom. The minimum absolute atomic E-state index is 0.198. The van der Waals surface area contributed by atoms with Gasteiger partial charge in [0.05, 0.1) is 7.11 Å². The number of carbonyl (C=O) groups is 2. The molecular weight excluding hydrogens is 294 g/mol. The fourth-order valence-corrected chi connectivity index (χ4v) is 2.17. The van der Waals surface area contributed by atoms with Crippen molar-refractivity contribution < 1.29 is 19.1 Å². The molecule has 0 fully saturated rings. The van der Waals surface area contributed by atoms with E-state index in [1.165, 1.54) is 7.11 Å². The van der Waals surface area contributed by atoms with E-state index >= 15 is 0 Å². The highest BCUT2D eigenvalue weighted by atomic mass is 35.5. The lowest BCUT2D eigenvalue weighted by Gasteiger charge is -2.27. The molecule has 0 radical (unpaired) electrons. The Balaban J connectivity index is 2.60. The van der Waals surface area contributed by atoms with Crippen molar-refractivity contribution >= 4 is 23.5 Å². The molecular formula is C15H20ClNO4. The second-order valence-corrected chi connectivity index (χ2v) is 5.30. The monoisotopic (exact) mass is 313 g/mol. The van der Waals surface area contributed by atoms with Gasteiger partial charge in [0.25, 0.3) is 5.91 Å². The molecule has 1 aromatic rings. The summed E-state index contributed by atoms with van der Waals surface area (Å²) in [6, 6.07) is 6.75. The van der Waals surface area contributed by atoms with Crippen molar-refractivity contribution in [3.63, 3.8) is 0 Å². The van der Waals surface area contributed by atoms with Crippen LogP contribution in [0, 0.1) is 0 Å². The summed E-state index contributed by atoms with van der Waals surface area (Å²) in [6.45, 7) is 3.37. The molecule has 0 saturated carbocycles. The van der Waals surface area contributed by atoms with Crippen LogP contribution in [-0.2, 0) is 14.3 Å². The lowest BCUT2D eigenvalue weighted by Crippen LogP contribution is -2.53. The Bertz CT molecular complexity index is 506. The molecule has 0 saturated heterocycles. The van der Waals surface area contributed by atoms with E-state index in [-0.39, 0.29) is 6.61 Å². The SMILES string of the molecule is CCCC(C)(NC(=O)COc1cccc(Cl)c1)C(=O)OC. The Kier molecular flexibility index (Phi) is 6.49. The fraction of sp³-hybridized carbons (Fsp3) is 0.467. The maximum absolute atomic E-state index is 11.9. The van der Waals surface area contributed by atoms with Gasteiger partial charge in [-0.25, -0.2) is 4.79 Å². The third-order valence-electron chi connectivity index (χ3n) is 2.97. The van der Waals surface area contributed by atoms with E-state index in [0.29, 0.717) is 17.2 Å². The molecule has 5 nitrogen and oxygen atoms in total. The number of rotatable bonds is 7. The largest absolute Gasteiger partial charge is 0.484 e. The molecule has 1 aromatic carbocycles. The molecule has 1 atom stereocenters. The molecule has 1 amide bonds. The smallest absolute Gasteiger partial charge is 0.331 e. The van der Waals surface area contributed by atoms with Crippen molar-refractivity contribution in [3.05, 3.63) is 29.3 Å². The zero-order chi connectivity index (χ0) is 15.9. The number of nitrogens with one attached hydrogen (secondary N) is 1. The van der Waals surface area contributed by atoms with Gasteiger partial charge in [-0.1, -0.05) is 31.0 Å². The van der Waals surface area contributed by atoms with Crippen LogP contribution in [0.4, 0.5) is 0 Å². The first kappa shape index (κ1) is 17.3. The average Bonchev–Trinajstić information content (AvgIpc) is 2.44. The highest BCUT2D eigenvalue weighted by molar-refractivity contribution is 6.30. The lowest BCUT2D eigenvalue weighted by molar-refractivity contribution is -0.150. The van der Waals surface area contributed by atoms with Crippen molar-refractivity contribution in [1.29, 1.82) is 0 Å². The molecule has 0 aliphatic carbocycles. The van der Waals surface area contributed by atoms with Gasteiger partial charge in [-0.3, -0.25) is 4.79 Å². The summed E-state index contributed by atoms with van der Waals surface area (Å²) < 4.78 is 10.1. The van der Waals surface area contributed by atoms with E-state index in [4.69, 9.17) is 21.1 Å². The number of carbonyl (C=O) groups excluding carboxylic acids is 2. The normalized spacial score (nSPS) is 13.1. The molecule has 116 valence electrons. The second-order valence-electron chi connectivity index (χ2n) is 4.87. The Hall–Kier alpha value is -1.75. The summed E-state index contributed by atoms with van der Waals surface area (Å²) in [7, 11) is 1.30. The van der Waals surface area contributed by atoms with E-state index in [1.807, 2.05) is 6.92 Å². The predicted molar refractivity (Wildman–Crippen MR) is 80.4 cm³/mol. The fourth-order valence-electron chi connectivity index (χ4n) is 1.99. The summed E-state index contributed by atoms with van der Waals surface area (Å²) in [4.78, 5) is 23.7. The topological polar surface area (TPSA) is 64.6 Å². The zero-order valence-corrected chi connectivity index (χ0v) is 13.2. The van der Waals surface area contributed by atoms with Crippen LogP contribution in [-0.4, -0.2) is 31.1 Å². The quantitative estimate of drug-likeness (QED) is 0.786. The van der Waals surface area contributed by atoms with E-state index in [9.17, 15) is 9.59 Å². The molecule has 0 aliphatic rings. The van der Waals surface area contributed by atoms with E-state index in [0.717, 1.165) is 6.42 Å². The van der Waals surface area contributed by atoms with Crippen LogP contribution in [0.5, 0.6) is 5.75 Å². The van der Waals surface area contributed by atoms with Crippen molar-refractivity contribution in [2.45, 2.75) is 32.2 Å². The summed E-state index contributed by atoms with van der Waals surface area (Å²) in [6.07, 6.45) is 1.23. The maximum atomic E-state index is 11.9. The van der Waals surface area contributed by atoms with Crippen LogP contribution >= 0.6 is 11.6 Å². The minimum atomic E-state index is -1.04. The van der Waals surface area contributed by atoms with Gasteiger partial charge in [0.2, 0.25) is 0 Å². The van der Waals surface area contributed by atoms with Gasteiger partial charge < -0.3 is 14.8 Å². The number of methoxy groups -OCH3 is 1. The van der Waals surface area contributed by atoms with Gasteiger partial charge in [0, 0.05) is 5.02 Å². The molecule has 0 spiro atoms. The van der Waals surface area contributed by atoms with E-state index < -0.39 is 17.4 Å². The third kappa shape index (κ3) is 5.27. The van der Waals surface area contributed by atoms with E-state index in [1.54, 1.807) is 31.2 Å². The summed E-state index contributed by atoms with van der Waals surface area (Å²) in [5, 5.41) is 3.18. The first-order valence-corrected chi connectivity index (χ1v) is 7.07. The molecule has 1 unspecified atom stereocenters. The molecule has 21 heavy (non-hydrogen) atoms. The Morgan fingerprint density at radius 3 is 2.67 bits per heavy atom. The summed E-state index contributed by atoms with van der Waals surface area (Å²) >= 11 is 5.83. The van der Waals surface area contributed by atoms with Crippen molar-refractivity contribution in [3.8, 4) is 5.75 Å².